The molecule has 3 rings (SSSR count). The smallest absolute Gasteiger partial charge is 0.161 e. The van der Waals surface area contributed by atoms with E-state index in [0.29, 0.717) is 17.3 Å². The first kappa shape index (κ1) is 14.4. The second-order valence-corrected chi connectivity index (χ2v) is 5.99. The first-order valence-corrected chi connectivity index (χ1v) is 7.63. The maximum absolute atomic E-state index is 11.5. The lowest BCUT2D eigenvalue weighted by Gasteiger charge is -2.35. The number of anilines is 2. The number of morpholine rings is 1. The lowest BCUT2D eigenvalue weighted by molar-refractivity contribution is -0.0415. The van der Waals surface area contributed by atoms with Crippen molar-refractivity contribution < 1.29 is 9.53 Å². The molecule has 2 heterocycles. The Kier molecular flexibility index (Phi) is 4.12. The average Bonchev–Trinajstić information content (AvgIpc) is 2.93. The van der Waals surface area contributed by atoms with Gasteiger partial charge < -0.3 is 15.8 Å². The number of rotatable bonds is 4. The number of nitrogen functional groups attached to an aromatic ring is 1. The molecule has 1 aromatic carbocycles. The Labute approximate surface area is 125 Å². The van der Waals surface area contributed by atoms with Crippen LogP contribution in [-0.2, 0) is 4.74 Å². The number of hydrogen-bond acceptors (Lipinski definition) is 5. The molecule has 0 aromatic heterocycles. The molecule has 0 radical (unpaired) electrons. The standard InChI is InChI=1S/C16H23N3O2/c1-11(20)15-7-12(4-5-16(15)17)18-8-14-9-19-6-2-3-13(19)10-21-14/h4-5,7,13-14,18H,2-3,6,8-10,17H2,1H3. The van der Waals surface area contributed by atoms with Gasteiger partial charge in [0, 0.05) is 36.1 Å². The van der Waals surface area contributed by atoms with E-state index >= 15 is 0 Å². The van der Waals surface area contributed by atoms with Gasteiger partial charge in [-0.25, -0.2) is 0 Å². The van der Waals surface area contributed by atoms with Gasteiger partial charge in [0.1, 0.15) is 0 Å². The number of nitrogens with two attached hydrogens (primary N) is 1. The van der Waals surface area contributed by atoms with Crippen molar-refractivity contribution in [2.75, 3.05) is 37.3 Å². The van der Waals surface area contributed by atoms with Crippen LogP contribution in [0.4, 0.5) is 11.4 Å². The van der Waals surface area contributed by atoms with Crippen molar-refractivity contribution in [3.63, 3.8) is 0 Å². The van der Waals surface area contributed by atoms with Crippen molar-refractivity contribution in [3.8, 4) is 0 Å². The van der Waals surface area contributed by atoms with Gasteiger partial charge in [-0.1, -0.05) is 0 Å². The fraction of sp³-hybridized carbons (Fsp3) is 0.562. The summed E-state index contributed by atoms with van der Waals surface area (Å²) in [5, 5.41) is 3.36. The predicted octanol–water partition coefficient (Wildman–Crippen LogP) is 1.75. The summed E-state index contributed by atoms with van der Waals surface area (Å²) in [6, 6.07) is 6.13. The summed E-state index contributed by atoms with van der Waals surface area (Å²) < 4.78 is 5.92. The van der Waals surface area contributed by atoms with Gasteiger partial charge in [0.05, 0.1) is 12.7 Å². The molecule has 2 atom stereocenters. The Balaban J connectivity index is 1.58. The van der Waals surface area contributed by atoms with E-state index in [0.717, 1.165) is 25.4 Å². The van der Waals surface area contributed by atoms with Crippen LogP contribution in [0, 0.1) is 0 Å². The monoisotopic (exact) mass is 289 g/mol. The molecule has 0 amide bonds. The van der Waals surface area contributed by atoms with Crippen LogP contribution in [0.15, 0.2) is 18.2 Å². The van der Waals surface area contributed by atoms with E-state index in [1.165, 1.54) is 26.3 Å². The fourth-order valence-corrected chi connectivity index (χ4v) is 3.21. The zero-order valence-corrected chi connectivity index (χ0v) is 12.5. The van der Waals surface area contributed by atoms with Gasteiger partial charge in [-0.05, 0) is 44.5 Å². The number of ketones is 1. The largest absolute Gasteiger partial charge is 0.398 e. The highest BCUT2D eigenvalue weighted by molar-refractivity contribution is 6.00. The number of fused-ring (bicyclic) bond motifs is 1. The highest BCUT2D eigenvalue weighted by Crippen LogP contribution is 2.23. The summed E-state index contributed by atoms with van der Waals surface area (Å²) in [5.41, 5.74) is 7.83. The third kappa shape index (κ3) is 3.19. The third-order valence-corrected chi connectivity index (χ3v) is 4.43. The summed E-state index contributed by atoms with van der Waals surface area (Å²) >= 11 is 0. The maximum Gasteiger partial charge on any atom is 0.161 e. The zero-order valence-electron chi connectivity index (χ0n) is 12.5. The molecule has 5 nitrogen and oxygen atoms in total. The van der Waals surface area contributed by atoms with Crippen molar-refractivity contribution in [1.29, 1.82) is 0 Å². The molecular formula is C16H23N3O2. The average molecular weight is 289 g/mol. The molecule has 0 bridgehead atoms. The quantitative estimate of drug-likeness (QED) is 0.653. The van der Waals surface area contributed by atoms with Gasteiger partial charge in [0.15, 0.2) is 5.78 Å². The van der Waals surface area contributed by atoms with E-state index in [1.807, 2.05) is 12.1 Å². The fourth-order valence-electron chi connectivity index (χ4n) is 3.21. The topological polar surface area (TPSA) is 67.6 Å². The summed E-state index contributed by atoms with van der Waals surface area (Å²) in [6.45, 7) is 5.32. The van der Waals surface area contributed by atoms with E-state index < -0.39 is 0 Å². The van der Waals surface area contributed by atoms with Crippen LogP contribution in [0.5, 0.6) is 0 Å². The number of carbonyl (C=O) groups is 1. The first-order valence-electron chi connectivity index (χ1n) is 7.63. The molecule has 2 aliphatic heterocycles. The lowest BCUT2D eigenvalue weighted by atomic mass is 10.1. The molecular weight excluding hydrogens is 266 g/mol. The predicted molar refractivity (Wildman–Crippen MR) is 83.7 cm³/mol. The molecule has 1 aromatic rings. The van der Waals surface area contributed by atoms with E-state index in [-0.39, 0.29) is 11.9 Å². The van der Waals surface area contributed by atoms with Gasteiger partial charge in [0.2, 0.25) is 0 Å². The minimum absolute atomic E-state index is 0.00928. The number of carbonyl (C=O) groups excluding carboxylic acids is 1. The second-order valence-electron chi connectivity index (χ2n) is 5.99. The molecule has 0 saturated carbocycles. The highest BCUT2D eigenvalue weighted by Gasteiger charge is 2.31. The van der Waals surface area contributed by atoms with Gasteiger partial charge >= 0.3 is 0 Å². The van der Waals surface area contributed by atoms with Crippen molar-refractivity contribution in [3.05, 3.63) is 23.8 Å². The number of Topliss-reactive ketones (excluding diaryl/α,β-unsaturated/α-hetero) is 1. The second kappa shape index (κ2) is 6.03. The number of ether oxygens (including phenoxy) is 1. The zero-order chi connectivity index (χ0) is 14.8. The first-order chi connectivity index (χ1) is 10.1. The van der Waals surface area contributed by atoms with Crippen molar-refractivity contribution in [2.24, 2.45) is 0 Å². The van der Waals surface area contributed by atoms with Gasteiger partial charge in [0.25, 0.3) is 0 Å². The summed E-state index contributed by atoms with van der Waals surface area (Å²) in [6.07, 6.45) is 2.76. The van der Waals surface area contributed by atoms with E-state index in [2.05, 4.69) is 10.2 Å². The highest BCUT2D eigenvalue weighted by atomic mass is 16.5. The number of nitrogens with one attached hydrogen (secondary N) is 1. The molecule has 114 valence electrons. The van der Waals surface area contributed by atoms with E-state index in [1.54, 1.807) is 6.07 Å². The summed E-state index contributed by atoms with van der Waals surface area (Å²) in [7, 11) is 0. The Bertz CT molecular complexity index is 532. The third-order valence-electron chi connectivity index (χ3n) is 4.43. The van der Waals surface area contributed by atoms with Crippen LogP contribution in [0.1, 0.15) is 30.1 Å². The van der Waals surface area contributed by atoms with Crippen molar-refractivity contribution >= 4 is 17.2 Å². The Morgan fingerprint density at radius 3 is 3.19 bits per heavy atom. The maximum atomic E-state index is 11.5. The minimum Gasteiger partial charge on any atom is -0.398 e. The molecule has 2 fully saturated rings. The van der Waals surface area contributed by atoms with Gasteiger partial charge in [-0.3, -0.25) is 9.69 Å². The Morgan fingerprint density at radius 1 is 1.52 bits per heavy atom. The van der Waals surface area contributed by atoms with Crippen LogP contribution in [-0.4, -0.2) is 49.1 Å². The normalized spacial score (nSPS) is 25.6. The van der Waals surface area contributed by atoms with Crippen molar-refractivity contribution in [1.82, 2.24) is 4.90 Å². The molecule has 0 aliphatic carbocycles. The molecule has 0 spiro atoms. The van der Waals surface area contributed by atoms with Gasteiger partial charge in [-0.15, -0.1) is 0 Å². The number of benzene rings is 1. The lowest BCUT2D eigenvalue weighted by Crippen LogP contribution is -2.48. The number of nitrogens with zero attached hydrogens (tertiary/aromatic N) is 1. The molecule has 2 saturated heterocycles. The molecule has 21 heavy (non-hydrogen) atoms. The molecule has 2 aliphatic rings. The van der Waals surface area contributed by atoms with Crippen LogP contribution < -0.4 is 11.1 Å². The Hall–Kier alpha value is -1.59. The number of hydrogen-bond donors (Lipinski definition) is 2. The van der Waals surface area contributed by atoms with Crippen LogP contribution in [0.3, 0.4) is 0 Å². The van der Waals surface area contributed by atoms with Gasteiger partial charge in [-0.2, -0.15) is 0 Å². The van der Waals surface area contributed by atoms with E-state index in [4.69, 9.17) is 10.5 Å². The summed E-state index contributed by atoms with van der Waals surface area (Å²) in [4.78, 5) is 14.0. The van der Waals surface area contributed by atoms with Crippen molar-refractivity contribution in [2.45, 2.75) is 31.9 Å². The Morgan fingerprint density at radius 2 is 2.38 bits per heavy atom. The summed E-state index contributed by atoms with van der Waals surface area (Å²) in [5.74, 6) is -0.00928. The molecule has 3 N–H and O–H groups in total. The van der Waals surface area contributed by atoms with E-state index in [9.17, 15) is 4.79 Å². The molecule has 2 unspecified atom stereocenters. The SMILES string of the molecule is CC(=O)c1cc(NCC2CN3CCCC3CO2)ccc1N. The van der Waals surface area contributed by atoms with Crippen LogP contribution >= 0.6 is 0 Å². The minimum atomic E-state index is -0.00928. The van der Waals surface area contributed by atoms with Crippen LogP contribution in [0.25, 0.3) is 0 Å². The van der Waals surface area contributed by atoms with Crippen LogP contribution in [0.2, 0.25) is 0 Å². The molecule has 5 heteroatoms.